The molecule has 39 heavy (non-hydrogen) atoms. The molecule has 1 amide bonds. The molecule has 2 bridgehead atoms. The van der Waals surface area contributed by atoms with Crippen molar-refractivity contribution in [2.24, 2.45) is 0 Å². The van der Waals surface area contributed by atoms with Crippen molar-refractivity contribution in [1.29, 1.82) is 0 Å². The summed E-state index contributed by atoms with van der Waals surface area (Å²) in [5, 5.41) is 15.8. The van der Waals surface area contributed by atoms with Crippen molar-refractivity contribution in [3.05, 3.63) is 89.5 Å². The molecule has 2 aromatic heterocycles. The highest BCUT2D eigenvalue weighted by Crippen LogP contribution is 2.54. The Morgan fingerprint density at radius 2 is 1.51 bits per heavy atom. The van der Waals surface area contributed by atoms with Crippen LogP contribution in [0.3, 0.4) is 0 Å². The van der Waals surface area contributed by atoms with Gasteiger partial charge in [0.25, 0.3) is 5.91 Å². The van der Waals surface area contributed by atoms with Crippen molar-refractivity contribution in [2.45, 2.75) is 44.1 Å². The van der Waals surface area contributed by atoms with E-state index >= 15 is 0 Å². The number of ether oxygens (including phenoxy) is 1. The van der Waals surface area contributed by atoms with E-state index in [9.17, 15) is 9.90 Å². The fourth-order valence-corrected chi connectivity index (χ4v) is 7.90. The van der Waals surface area contributed by atoms with Crippen LogP contribution in [0.15, 0.2) is 72.8 Å². The zero-order chi connectivity index (χ0) is 26.0. The molecular weight excluding hydrogens is 486 g/mol. The van der Waals surface area contributed by atoms with Crippen LogP contribution < -0.4 is 4.74 Å². The van der Waals surface area contributed by atoms with Gasteiger partial charge in [-0.05, 0) is 48.2 Å². The van der Waals surface area contributed by atoms with E-state index in [2.05, 4.69) is 57.7 Å². The van der Waals surface area contributed by atoms with Gasteiger partial charge in [0.1, 0.15) is 5.75 Å². The lowest BCUT2D eigenvalue weighted by Gasteiger charge is -2.20. The third-order valence-corrected chi connectivity index (χ3v) is 9.45. The largest absolute Gasteiger partial charge is 0.497 e. The number of aliphatic hydroxyl groups is 1. The van der Waals surface area contributed by atoms with E-state index in [0.717, 1.165) is 57.1 Å². The number of aromatic nitrogens is 2. The number of carbonyl (C=O) groups excluding carboxylic acids is 1. The van der Waals surface area contributed by atoms with Gasteiger partial charge >= 0.3 is 0 Å². The lowest BCUT2D eigenvalue weighted by molar-refractivity contribution is 0.0768. The molecule has 6 aromatic rings. The maximum absolute atomic E-state index is 14.3. The standard InChI is InChI=1S/C33H27N3O3/c1-39-20-12-10-18(11-13-20)16-34-17-23-28-21-6-2-4-8-24(21)35-19-14-26(27(37)15-19)36-25-9-5-3-7-22(25)29(30(23)33(34)38)32(36)31(28)35/h2-13,19,26-27,37H,14-17H2,1H3/t19-,26?,27+/m0/s1. The molecule has 0 radical (unpaired) electrons. The maximum Gasteiger partial charge on any atom is 0.255 e. The molecule has 192 valence electrons. The normalized spacial score (nSPS) is 21.6. The monoisotopic (exact) mass is 513 g/mol. The molecule has 1 fully saturated rings. The van der Waals surface area contributed by atoms with E-state index < -0.39 is 6.10 Å². The number of benzene rings is 4. The van der Waals surface area contributed by atoms with Gasteiger partial charge in [-0.25, -0.2) is 0 Å². The van der Waals surface area contributed by atoms with Crippen LogP contribution in [0.2, 0.25) is 0 Å². The minimum atomic E-state index is -0.422. The number of aliphatic hydroxyl groups excluding tert-OH is 1. The topological polar surface area (TPSA) is 59.6 Å². The molecule has 4 heterocycles. The lowest BCUT2D eigenvalue weighted by atomic mass is 9.97. The van der Waals surface area contributed by atoms with Gasteiger partial charge in [0.15, 0.2) is 0 Å². The Morgan fingerprint density at radius 3 is 2.26 bits per heavy atom. The van der Waals surface area contributed by atoms with Gasteiger partial charge in [0, 0.05) is 51.7 Å². The fraction of sp³-hybridized carbons (Fsp3) is 0.242. The van der Waals surface area contributed by atoms with E-state index in [0.29, 0.717) is 13.1 Å². The summed E-state index contributed by atoms with van der Waals surface area (Å²) in [7, 11) is 1.67. The molecule has 6 heteroatoms. The van der Waals surface area contributed by atoms with E-state index in [-0.39, 0.29) is 18.0 Å². The van der Waals surface area contributed by atoms with Crippen molar-refractivity contribution >= 4 is 49.5 Å². The second-order valence-corrected chi connectivity index (χ2v) is 11.3. The Hall–Kier alpha value is -4.29. The molecule has 1 aliphatic carbocycles. The molecule has 6 nitrogen and oxygen atoms in total. The molecular formula is C33H27N3O3. The first kappa shape index (κ1) is 21.6. The van der Waals surface area contributed by atoms with Crippen molar-refractivity contribution in [3.8, 4) is 5.75 Å². The molecule has 1 N–H and O–H groups in total. The Morgan fingerprint density at radius 1 is 0.846 bits per heavy atom. The van der Waals surface area contributed by atoms with Crippen LogP contribution in [0.25, 0.3) is 43.6 Å². The molecule has 2 aliphatic heterocycles. The summed E-state index contributed by atoms with van der Waals surface area (Å²) in [6.45, 7) is 1.12. The third-order valence-electron chi connectivity index (χ3n) is 9.45. The number of nitrogens with zero attached hydrogens (tertiary/aromatic N) is 3. The number of fused-ring (bicyclic) bond motifs is 13. The van der Waals surface area contributed by atoms with Gasteiger partial charge in [-0.1, -0.05) is 48.5 Å². The molecule has 9 rings (SSSR count). The molecule has 4 aromatic carbocycles. The minimum Gasteiger partial charge on any atom is -0.497 e. The molecule has 0 spiro atoms. The zero-order valence-corrected chi connectivity index (χ0v) is 21.6. The van der Waals surface area contributed by atoms with E-state index in [1.807, 2.05) is 29.2 Å². The summed E-state index contributed by atoms with van der Waals surface area (Å²) in [5.74, 6) is 0.891. The number of amides is 1. The summed E-state index contributed by atoms with van der Waals surface area (Å²) in [4.78, 5) is 16.3. The molecule has 3 atom stereocenters. The van der Waals surface area contributed by atoms with Crippen molar-refractivity contribution in [1.82, 2.24) is 14.0 Å². The summed E-state index contributed by atoms with van der Waals surface area (Å²) in [5.41, 5.74) is 7.67. The van der Waals surface area contributed by atoms with Crippen molar-refractivity contribution in [2.75, 3.05) is 7.11 Å². The van der Waals surface area contributed by atoms with Crippen molar-refractivity contribution in [3.63, 3.8) is 0 Å². The number of hydrogen-bond donors (Lipinski definition) is 1. The Kier molecular flexibility index (Phi) is 4.12. The molecule has 0 saturated heterocycles. The second kappa shape index (κ2) is 7.42. The maximum atomic E-state index is 14.3. The Balaban J connectivity index is 1.40. The van der Waals surface area contributed by atoms with Crippen LogP contribution in [0, 0.1) is 0 Å². The number of carbonyl (C=O) groups is 1. The van der Waals surface area contributed by atoms with E-state index in [1.54, 1.807) is 7.11 Å². The van der Waals surface area contributed by atoms with Crippen molar-refractivity contribution < 1.29 is 14.6 Å². The first-order chi connectivity index (χ1) is 19.1. The first-order valence-corrected chi connectivity index (χ1v) is 13.7. The number of rotatable bonds is 3. The average molecular weight is 514 g/mol. The number of methoxy groups -OCH3 is 1. The van der Waals surface area contributed by atoms with Gasteiger partial charge < -0.3 is 23.9 Å². The molecule has 1 unspecified atom stereocenters. The third kappa shape index (κ3) is 2.62. The highest BCUT2D eigenvalue weighted by Gasteiger charge is 2.44. The zero-order valence-electron chi connectivity index (χ0n) is 21.6. The van der Waals surface area contributed by atoms with Gasteiger partial charge in [-0.15, -0.1) is 0 Å². The molecule has 1 saturated carbocycles. The average Bonchev–Trinajstić information content (AvgIpc) is 3.66. The second-order valence-electron chi connectivity index (χ2n) is 11.3. The summed E-state index contributed by atoms with van der Waals surface area (Å²) in [6, 6.07) is 25.2. The highest BCUT2D eigenvalue weighted by molar-refractivity contribution is 6.31. The highest BCUT2D eigenvalue weighted by atomic mass is 16.5. The summed E-state index contributed by atoms with van der Waals surface area (Å²) >= 11 is 0. The van der Waals surface area contributed by atoms with E-state index in [1.165, 1.54) is 21.8 Å². The van der Waals surface area contributed by atoms with Gasteiger partial charge in [0.05, 0.1) is 35.9 Å². The van der Waals surface area contributed by atoms with Gasteiger partial charge in [-0.3, -0.25) is 4.79 Å². The van der Waals surface area contributed by atoms with Gasteiger partial charge in [0.2, 0.25) is 0 Å². The van der Waals surface area contributed by atoms with Crippen LogP contribution in [0.5, 0.6) is 5.75 Å². The number of para-hydroxylation sites is 2. The van der Waals surface area contributed by atoms with Crippen LogP contribution >= 0.6 is 0 Å². The molecule has 3 aliphatic rings. The Labute approximate surface area is 224 Å². The first-order valence-electron chi connectivity index (χ1n) is 13.7. The predicted molar refractivity (Wildman–Crippen MR) is 152 cm³/mol. The van der Waals surface area contributed by atoms with Crippen LogP contribution in [0.4, 0.5) is 0 Å². The number of hydrogen-bond acceptors (Lipinski definition) is 3. The smallest absolute Gasteiger partial charge is 0.255 e. The fourth-order valence-electron chi connectivity index (χ4n) is 7.90. The lowest BCUT2D eigenvalue weighted by Crippen LogP contribution is -2.23. The van der Waals surface area contributed by atoms with Crippen LogP contribution in [-0.4, -0.2) is 38.3 Å². The SMILES string of the molecule is COc1ccc(CN2Cc3c(c4c5ccccc5n5c4c4c3c3ccccc3n4[C@H]3CC5[C@H](O)C3)C2=O)cc1. The summed E-state index contributed by atoms with van der Waals surface area (Å²) in [6.07, 6.45) is 1.21. The van der Waals surface area contributed by atoms with Crippen LogP contribution in [-0.2, 0) is 13.1 Å². The van der Waals surface area contributed by atoms with Crippen LogP contribution in [0.1, 0.15) is 46.4 Å². The van der Waals surface area contributed by atoms with E-state index in [4.69, 9.17) is 4.74 Å². The predicted octanol–water partition coefficient (Wildman–Crippen LogP) is 6.32. The quantitative estimate of drug-likeness (QED) is 0.301. The van der Waals surface area contributed by atoms with Gasteiger partial charge in [-0.2, -0.15) is 0 Å². The Bertz CT molecular complexity index is 2020. The minimum absolute atomic E-state index is 0.00998. The summed E-state index contributed by atoms with van der Waals surface area (Å²) < 4.78 is 10.2.